The Kier molecular flexibility index (Phi) is 2.87. The first-order valence-electron chi connectivity index (χ1n) is 6.00. The second-order valence-electron chi connectivity index (χ2n) is 5.60. The molecule has 0 unspecified atom stereocenters. The smallest absolute Gasteiger partial charge is 0.255 e. The highest BCUT2D eigenvalue weighted by molar-refractivity contribution is 5.31. The van der Waals surface area contributed by atoms with E-state index in [4.69, 9.17) is 5.73 Å². The summed E-state index contributed by atoms with van der Waals surface area (Å²) in [5, 5.41) is 0. The molecule has 2 N–H and O–H groups in total. The molecule has 0 bridgehead atoms. The number of aromatic nitrogens is 1. The third-order valence-electron chi connectivity index (χ3n) is 3.49. The molecule has 1 aliphatic heterocycles. The zero-order chi connectivity index (χ0) is 12.8. The van der Waals surface area contributed by atoms with E-state index in [0.717, 1.165) is 25.2 Å². The van der Waals surface area contributed by atoms with Gasteiger partial charge in [0, 0.05) is 43.4 Å². The number of fused-ring (bicyclic) bond motifs is 1. The first-order valence-corrected chi connectivity index (χ1v) is 6.00. The van der Waals surface area contributed by atoms with Crippen LogP contribution in [0.15, 0.2) is 10.9 Å². The fourth-order valence-corrected chi connectivity index (χ4v) is 2.43. The van der Waals surface area contributed by atoms with E-state index < -0.39 is 5.54 Å². The van der Waals surface area contributed by atoms with Gasteiger partial charge in [-0.3, -0.25) is 4.79 Å². The van der Waals surface area contributed by atoms with Crippen LogP contribution in [0.3, 0.4) is 0 Å². The van der Waals surface area contributed by atoms with Crippen LogP contribution < -0.4 is 11.3 Å². The summed E-state index contributed by atoms with van der Waals surface area (Å²) in [5.74, 6) is 0. The Balaban J connectivity index is 2.63. The minimum atomic E-state index is -0.583. The van der Waals surface area contributed by atoms with Gasteiger partial charge in [-0.05, 0) is 32.5 Å². The van der Waals surface area contributed by atoms with Gasteiger partial charge in [0.15, 0.2) is 0 Å². The predicted octanol–water partition coefficient (Wildman–Crippen LogP) is 0.567. The van der Waals surface area contributed by atoms with Gasteiger partial charge in [0.1, 0.15) is 0 Å². The number of nitrogens with zero attached hydrogens (tertiary/aromatic N) is 2. The highest BCUT2D eigenvalue weighted by Gasteiger charge is 2.24. The molecule has 0 saturated heterocycles. The van der Waals surface area contributed by atoms with Crippen molar-refractivity contribution >= 4 is 0 Å². The molecule has 0 radical (unpaired) electrons. The lowest BCUT2D eigenvalue weighted by molar-refractivity contribution is 0.305. The fourth-order valence-electron chi connectivity index (χ4n) is 2.43. The fraction of sp³-hybridized carbons (Fsp3) is 0.615. The SMILES string of the molecule is CN1CCc2c(cc(C(C)(C)N)c(=O)n2C)C1. The summed E-state index contributed by atoms with van der Waals surface area (Å²) in [6.45, 7) is 5.66. The van der Waals surface area contributed by atoms with Crippen molar-refractivity contribution in [3.05, 3.63) is 33.2 Å². The molecule has 0 atom stereocenters. The summed E-state index contributed by atoms with van der Waals surface area (Å²) in [6.07, 6.45) is 0.933. The summed E-state index contributed by atoms with van der Waals surface area (Å²) in [4.78, 5) is 14.5. The highest BCUT2D eigenvalue weighted by atomic mass is 16.1. The molecular formula is C13H21N3O. The molecule has 1 aromatic rings. The minimum absolute atomic E-state index is 0.0424. The summed E-state index contributed by atoms with van der Waals surface area (Å²) in [6, 6.07) is 1.99. The average molecular weight is 235 g/mol. The number of hydrogen-bond donors (Lipinski definition) is 1. The molecule has 0 spiro atoms. The lowest BCUT2D eigenvalue weighted by atomic mass is 9.93. The first-order chi connectivity index (χ1) is 7.80. The normalized spacial score (nSPS) is 17.0. The van der Waals surface area contributed by atoms with Gasteiger partial charge in [0.05, 0.1) is 0 Å². The lowest BCUT2D eigenvalue weighted by Crippen LogP contribution is -2.41. The maximum atomic E-state index is 12.2. The van der Waals surface area contributed by atoms with E-state index in [2.05, 4.69) is 11.9 Å². The Morgan fingerprint density at radius 1 is 1.35 bits per heavy atom. The van der Waals surface area contributed by atoms with Gasteiger partial charge in [0.25, 0.3) is 5.56 Å². The van der Waals surface area contributed by atoms with E-state index in [-0.39, 0.29) is 5.56 Å². The summed E-state index contributed by atoms with van der Waals surface area (Å²) >= 11 is 0. The van der Waals surface area contributed by atoms with Gasteiger partial charge in [-0.15, -0.1) is 0 Å². The number of rotatable bonds is 1. The molecule has 0 fully saturated rings. The van der Waals surface area contributed by atoms with Crippen molar-refractivity contribution in [3.63, 3.8) is 0 Å². The third-order valence-corrected chi connectivity index (χ3v) is 3.49. The standard InChI is InChI=1S/C13H21N3O/c1-13(2,14)10-7-9-8-15(3)6-5-11(9)16(4)12(10)17/h7H,5-6,8,14H2,1-4H3. The van der Waals surface area contributed by atoms with Crippen molar-refractivity contribution in [1.82, 2.24) is 9.47 Å². The van der Waals surface area contributed by atoms with Crippen molar-refractivity contribution in [2.75, 3.05) is 13.6 Å². The minimum Gasteiger partial charge on any atom is -0.322 e. The number of nitrogens with two attached hydrogens (primary N) is 1. The number of likely N-dealkylation sites (N-methyl/N-ethyl adjacent to an activating group) is 1. The molecule has 0 saturated carbocycles. The lowest BCUT2D eigenvalue weighted by Gasteiger charge is -2.29. The molecule has 4 heteroatoms. The largest absolute Gasteiger partial charge is 0.322 e. The maximum Gasteiger partial charge on any atom is 0.255 e. The third kappa shape index (κ3) is 2.15. The van der Waals surface area contributed by atoms with Crippen molar-refractivity contribution < 1.29 is 0 Å². The van der Waals surface area contributed by atoms with E-state index in [1.54, 1.807) is 4.57 Å². The molecule has 1 aliphatic rings. The van der Waals surface area contributed by atoms with Crippen LogP contribution >= 0.6 is 0 Å². The van der Waals surface area contributed by atoms with Crippen molar-refractivity contribution in [2.45, 2.75) is 32.4 Å². The van der Waals surface area contributed by atoms with E-state index in [1.165, 1.54) is 5.56 Å². The maximum absolute atomic E-state index is 12.2. The van der Waals surface area contributed by atoms with Crippen LogP contribution in [0.1, 0.15) is 30.7 Å². The van der Waals surface area contributed by atoms with E-state index in [9.17, 15) is 4.79 Å². The van der Waals surface area contributed by atoms with E-state index in [1.807, 2.05) is 27.0 Å². The van der Waals surface area contributed by atoms with E-state index >= 15 is 0 Å². The van der Waals surface area contributed by atoms with Crippen molar-refractivity contribution in [2.24, 2.45) is 12.8 Å². The van der Waals surface area contributed by atoms with Crippen LogP contribution in [0.25, 0.3) is 0 Å². The highest BCUT2D eigenvalue weighted by Crippen LogP contribution is 2.21. The van der Waals surface area contributed by atoms with Crippen LogP contribution in [-0.2, 0) is 25.6 Å². The summed E-state index contributed by atoms with van der Waals surface area (Å²) < 4.78 is 1.77. The Morgan fingerprint density at radius 3 is 2.59 bits per heavy atom. The Morgan fingerprint density at radius 2 is 2.00 bits per heavy atom. The molecule has 2 rings (SSSR count). The molecule has 0 aliphatic carbocycles. The van der Waals surface area contributed by atoms with Crippen LogP contribution in [-0.4, -0.2) is 23.1 Å². The Bertz CT molecular complexity index is 497. The van der Waals surface area contributed by atoms with Crippen LogP contribution in [0, 0.1) is 0 Å². The van der Waals surface area contributed by atoms with Gasteiger partial charge in [-0.25, -0.2) is 0 Å². The quantitative estimate of drug-likeness (QED) is 0.774. The van der Waals surface area contributed by atoms with Crippen molar-refractivity contribution in [3.8, 4) is 0 Å². The molecule has 2 heterocycles. The second kappa shape index (κ2) is 3.96. The summed E-state index contributed by atoms with van der Waals surface area (Å²) in [7, 11) is 3.95. The molecule has 0 aromatic carbocycles. The second-order valence-corrected chi connectivity index (χ2v) is 5.60. The van der Waals surface area contributed by atoms with Gasteiger partial charge >= 0.3 is 0 Å². The predicted molar refractivity (Wildman–Crippen MR) is 68.9 cm³/mol. The molecule has 4 nitrogen and oxygen atoms in total. The van der Waals surface area contributed by atoms with Crippen LogP contribution in [0.2, 0.25) is 0 Å². The Hall–Kier alpha value is -1.13. The van der Waals surface area contributed by atoms with E-state index in [0.29, 0.717) is 5.56 Å². The van der Waals surface area contributed by atoms with Crippen LogP contribution in [0.5, 0.6) is 0 Å². The van der Waals surface area contributed by atoms with Gasteiger partial charge in [0.2, 0.25) is 0 Å². The first kappa shape index (κ1) is 12.3. The van der Waals surface area contributed by atoms with Gasteiger partial charge < -0.3 is 15.2 Å². The van der Waals surface area contributed by atoms with Crippen molar-refractivity contribution in [1.29, 1.82) is 0 Å². The number of pyridine rings is 1. The number of hydrogen-bond acceptors (Lipinski definition) is 3. The zero-order valence-corrected chi connectivity index (χ0v) is 11.1. The van der Waals surface area contributed by atoms with Gasteiger partial charge in [-0.2, -0.15) is 0 Å². The molecule has 0 amide bonds. The molecule has 17 heavy (non-hydrogen) atoms. The van der Waals surface area contributed by atoms with Gasteiger partial charge in [-0.1, -0.05) is 0 Å². The Labute approximate surface area is 102 Å². The zero-order valence-electron chi connectivity index (χ0n) is 11.1. The molecule has 1 aromatic heterocycles. The summed E-state index contributed by atoms with van der Waals surface area (Å²) in [5.41, 5.74) is 8.61. The molecular weight excluding hydrogens is 214 g/mol. The van der Waals surface area contributed by atoms with Crippen LogP contribution in [0.4, 0.5) is 0 Å². The molecule has 94 valence electrons. The average Bonchev–Trinajstić information content (AvgIpc) is 2.21. The topological polar surface area (TPSA) is 51.3 Å². The monoisotopic (exact) mass is 235 g/mol.